The molecular formula is C18H28ClNO. The van der Waals surface area contributed by atoms with Crippen molar-refractivity contribution in [3.05, 3.63) is 29.3 Å². The molecule has 118 valence electrons. The highest BCUT2D eigenvalue weighted by molar-refractivity contribution is 5.85. The molecule has 2 aliphatic rings. The number of likely N-dealkylation sites (tertiary alicyclic amines) is 1. The normalized spacial score (nSPS) is 29.4. The third-order valence-electron chi connectivity index (χ3n) is 5.05. The summed E-state index contributed by atoms with van der Waals surface area (Å²) in [5, 5.41) is 0. The number of hydrogen-bond acceptors (Lipinski definition) is 2. The van der Waals surface area contributed by atoms with Crippen molar-refractivity contribution in [2.45, 2.75) is 45.6 Å². The summed E-state index contributed by atoms with van der Waals surface area (Å²) < 4.78 is 5.57. The average Bonchev–Trinajstić information content (AvgIpc) is 2.45. The molecule has 2 nitrogen and oxygen atoms in total. The number of methoxy groups -OCH3 is 1. The highest BCUT2D eigenvalue weighted by atomic mass is 35.5. The van der Waals surface area contributed by atoms with Crippen LogP contribution in [0.4, 0.5) is 0 Å². The van der Waals surface area contributed by atoms with Crippen LogP contribution in [0.5, 0.6) is 5.75 Å². The second-order valence-electron chi connectivity index (χ2n) is 6.89. The minimum atomic E-state index is 0. The van der Waals surface area contributed by atoms with Crippen LogP contribution in [0.2, 0.25) is 0 Å². The van der Waals surface area contributed by atoms with Crippen molar-refractivity contribution in [2.24, 2.45) is 11.8 Å². The van der Waals surface area contributed by atoms with Gasteiger partial charge in [-0.15, -0.1) is 12.4 Å². The maximum absolute atomic E-state index is 5.57. The lowest BCUT2D eigenvalue weighted by Crippen LogP contribution is -2.47. The summed E-state index contributed by atoms with van der Waals surface area (Å²) in [6, 6.07) is 7.23. The molecule has 3 heteroatoms. The summed E-state index contributed by atoms with van der Waals surface area (Å²) in [5.41, 5.74) is 2.95. The van der Waals surface area contributed by atoms with Crippen molar-refractivity contribution >= 4 is 12.4 Å². The molecule has 1 aliphatic heterocycles. The first-order chi connectivity index (χ1) is 9.67. The fraction of sp³-hybridized carbons (Fsp3) is 0.667. The summed E-state index contributed by atoms with van der Waals surface area (Å²) in [7, 11) is 1.80. The molecule has 0 N–H and O–H groups in total. The van der Waals surface area contributed by atoms with Crippen LogP contribution < -0.4 is 4.74 Å². The van der Waals surface area contributed by atoms with E-state index >= 15 is 0 Å². The fourth-order valence-corrected chi connectivity index (χ4v) is 4.25. The van der Waals surface area contributed by atoms with Crippen LogP contribution in [0.3, 0.4) is 0 Å². The van der Waals surface area contributed by atoms with Crippen LogP contribution in [0.15, 0.2) is 18.2 Å². The number of benzene rings is 1. The number of rotatable bonds is 2. The standard InChI is InChI=1S/C18H27NO.ClH/c1-13-9-14(2)12-19(11-13)16-8-7-15-5-4-6-18(20-3)17(15)10-16;/h4-6,13-14,16H,7-12H2,1-3H3;1H/t13-,14+,16?;. The van der Waals surface area contributed by atoms with Crippen molar-refractivity contribution in [3.8, 4) is 5.75 Å². The van der Waals surface area contributed by atoms with E-state index in [1.165, 1.54) is 49.9 Å². The SMILES string of the molecule is COc1cccc2c1CC(N1C[C@H](C)C[C@H](C)C1)CC2.Cl. The van der Waals surface area contributed by atoms with Crippen LogP contribution in [-0.2, 0) is 12.8 Å². The molecule has 1 aliphatic carbocycles. The van der Waals surface area contributed by atoms with Gasteiger partial charge in [0.2, 0.25) is 0 Å². The number of ether oxygens (including phenoxy) is 1. The van der Waals surface area contributed by atoms with Crippen molar-refractivity contribution in [1.29, 1.82) is 0 Å². The zero-order chi connectivity index (χ0) is 14.1. The third kappa shape index (κ3) is 3.54. The van der Waals surface area contributed by atoms with Crippen LogP contribution in [0.1, 0.15) is 37.8 Å². The molecule has 21 heavy (non-hydrogen) atoms. The summed E-state index contributed by atoms with van der Waals surface area (Å²) in [5.74, 6) is 2.78. The Morgan fingerprint density at radius 1 is 1.14 bits per heavy atom. The summed E-state index contributed by atoms with van der Waals surface area (Å²) >= 11 is 0. The van der Waals surface area contributed by atoms with Gasteiger partial charge in [0, 0.05) is 19.1 Å². The Morgan fingerprint density at radius 3 is 2.52 bits per heavy atom. The maximum atomic E-state index is 5.57. The summed E-state index contributed by atoms with van der Waals surface area (Å²) in [6.45, 7) is 7.36. The number of aryl methyl sites for hydroxylation is 1. The molecule has 0 saturated carbocycles. The minimum Gasteiger partial charge on any atom is -0.496 e. The van der Waals surface area contributed by atoms with Crippen LogP contribution >= 0.6 is 12.4 Å². The second-order valence-corrected chi connectivity index (χ2v) is 6.89. The van der Waals surface area contributed by atoms with Gasteiger partial charge in [0.25, 0.3) is 0 Å². The first-order valence-corrected chi connectivity index (χ1v) is 8.06. The molecule has 1 unspecified atom stereocenters. The Kier molecular flexibility index (Phi) is 5.56. The molecule has 0 radical (unpaired) electrons. The van der Waals surface area contributed by atoms with Gasteiger partial charge >= 0.3 is 0 Å². The van der Waals surface area contributed by atoms with E-state index < -0.39 is 0 Å². The van der Waals surface area contributed by atoms with Crippen LogP contribution in [0, 0.1) is 11.8 Å². The van der Waals surface area contributed by atoms with E-state index in [1.54, 1.807) is 7.11 Å². The van der Waals surface area contributed by atoms with E-state index in [1.807, 2.05) is 0 Å². The molecule has 1 saturated heterocycles. The molecule has 0 aromatic heterocycles. The second kappa shape index (κ2) is 7.02. The van der Waals surface area contributed by atoms with Gasteiger partial charge in [-0.25, -0.2) is 0 Å². The lowest BCUT2D eigenvalue weighted by Gasteiger charge is -2.42. The fourth-order valence-electron chi connectivity index (χ4n) is 4.25. The highest BCUT2D eigenvalue weighted by Crippen LogP contribution is 2.33. The molecule has 1 heterocycles. The summed E-state index contributed by atoms with van der Waals surface area (Å²) in [6.07, 6.45) is 5.07. The van der Waals surface area contributed by atoms with Gasteiger partial charge < -0.3 is 4.74 Å². The van der Waals surface area contributed by atoms with E-state index in [9.17, 15) is 0 Å². The molecule has 1 aromatic carbocycles. The predicted octanol–water partition coefficient (Wildman–Crippen LogP) is 3.95. The average molecular weight is 310 g/mol. The van der Waals surface area contributed by atoms with Gasteiger partial charge in [-0.05, 0) is 54.7 Å². The first kappa shape index (κ1) is 16.6. The zero-order valence-electron chi connectivity index (χ0n) is 13.5. The van der Waals surface area contributed by atoms with Gasteiger partial charge in [-0.3, -0.25) is 4.90 Å². The quantitative estimate of drug-likeness (QED) is 0.820. The maximum Gasteiger partial charge on any atom is 0.122 e. The first-order valence-electron chi connectivity index (χ1n) is 8.06. The zero-order valence-corrected chi connectivity index (χ0v) is 14.3. The topological polar surface area (TPSA) is 12.5 Å². The molecule has 0 bridgehead atoms. The van der Waals surface area contributed by atoms with Gasteiger partial charge in [0.15, 0.2) is 0 Å². The smallest absolute Gasteiger partial charge is 0.122 e. The molecule has 3 atom stereocenters. The summed E-state index contributed by atoms with van der Waals surface area (Å²) in [4.78, 5) is 2.74. The largest absolute Gasteiger partial charge is 0.496 e. The molecular weight excluding hydrogens is 282 g/mol. The molecule has 0 amide bonds. The monoisotopic (exact) mass is 309 g/mol. The minimum absolute atomic E-state index is 0. The van der Waals surface area contributed by atoms with Crippen LogP contribution in [0.25, 0.3) is 0 Å². The van der Waals surface area contributed by atoms with E-state index in [0.29, 0.717) is 6.04 Å². The molecule has 1 aromatic rings. The Morgan fingerprint density at radius 2 is 1.86 bits per heavy atom. The third-order valence-corrected chi connectivity index (χ3v) is 5.05. The lowest BCUT2D eigenvalue weighted by molar-refractivity contribution is 0.0875. The molecule has 1 fully saturated rings. The number of piperidine rings is 1. The van der Waals surface area contributed by atoms with E-state index in [-0.39, 0.29) is 12.4 Å². The number of fused-ring (bicyclic) bond motifs is 1. The van der Waals surface area contributed by atoms with E-state index in [4.69, 9.17) is 4.74 Å². The Hall–Kier alpha value is -0.730. The van der Waals surface area contributed by atoms with Crippen LogP contribution in [-0.4, -0.2) is 31.1 Å². The van der Waals surface area contributed by atoms with Crippen molar-refractivity contribution in [2.75, 3.05) is 20.2 Å². The highest BCUT2D eigenvalue weighted by Gasteiger charge is 2.30. The number of halogens is 1. The van der Waals surface area contributed by atoms with E-state index in [0.717, 1.165) is 17.6 Å². The van der Waals surface area contributed by atoms with Gasteiger partial charge in [0.1, 0.15) is 5.75 Å². The molecule has 3 rings (SSSR count). The number of hydrogen-bond donors (Lipinski definition) is 0. The Labute approximate surface area is 135 Å². The van der Waals surface area contributed by atoms with Gasteiger partial charge in [-0.1, -0.05) is 26.0 Å². The Balaban J connectivity index is 0.00000161. The van der Waals surface area contributed by atoms with Gasteiger partial charge in [0.05, 0.1) is 7.11 Å². The Bertz CT molecular complexity index is 452. The predicted molar refractivity (Wildman–Crippen MR) is 90.6 cm³/mol. The number of nitrogens with zero attached hydrogens (tertiary/aromatic N) is 1. The van der Waals surface area contributed by atoms with Gasteiger partial charge in [-0.2, -0.15) is 0 Å². The van der Waals surface area contributed by atoms with E-state index in [2.05, 4.69) is 36.9 Å². The lowest BCUT2D eigenvalue weighted by atomic mass is 9.84. The molecule has 0 spiro atoms. The van der Waals surface area contributed by atoms with Crippen molar-refractivity contribution < 1.29 is 4.74 Å². The van der Waals surface area contributed by atoms with Crippen molar-refractivity contribution in [1.82, 2.24) is 4.90 Å². The van der Waals surface area contributed by atoms with Crippen molar-refractivity contribution in [3.63, 3.8) is 0 Å².